The largest absolute Gasteiger partial charge is 0.416 e. The molecule has 2 aromatic carbocycles. The third-order valence-corrected chi connectivity index (χ3v) is 6.29. The summed E-state index contributed by atoms with van der Waals surface area (Å²) in [5.74, 6) is 0.248. The van der Waals surface area contributed by atoms with E-state index in [1.54, 1.807) is 37.3 Å². The van der Waals surface area contributed by atoms with E-state index in [1.807, 2.05) is 0 Å². The molecule has 2 heterocycles. The van der Waals surface area contributed by atoms with Crippen molar-refractivity contribution in [1.29, 1.82) is 0 Å². The first-order valence-electron chi connectivity index (χ1n) is 9.62. The van der Waals surface area contributed by atoms with Crippen LogP contribution in [0, 0.1) is 6.92 Å². The average Bonchev–Trinajstić information content (AvgIpc) is 3.38. The highest BCUT2D eigenvalue weighted by atomic mass is 35.5. The van der Waals surface area contributed by atoms with Crippen molar-refractivity contribution in [2.45, 2.75) is 18.9 Å². The lowest BCUT2D eigenvalue weighted by atomic mass is 10.1. The topological polar surface area (TPSA) is 58.7 Å². The molecule has 0 N–H and O–H groups in total. The molecular weight excluding hydrogens is 463 g/mol. The molecule has 3 aromatic rings. The number of hydrogen-bond donors (Lipinski definition) is 0. The quantitative estimate of drug-likeness (QED) is 0.456. The minimum absolute atomic E-state index is 0.243. The highest BCUT2D eigenvalue weighted by Crippen LogP contribution is 2.34. The number of aryl methyl sites for hydroxylation is 1. The summed E-state index contributed by atoms with van der Waals surface area (Å²) in [4.78, 5) is 19.2. The van der Waals surface area contributed by atoms with Gasteiger partial charge in [-0.25, -0.2) is 0 Å². The number of aliphatic imine (C=N–C) groups is 1. The Balaban J connectivity index is 1.55. The molecule has 0 spiro atoms. The summed E-state index contributed by atoms with van der Waals surface area (Å²) < 4.78 is 44.2. The van der Waals surface area contributed by atoms with Crippen LogP contribution in [-0.4, -0.2) is 34.2 Å². The lowest BCUT2D eigenvalue weighted by molar-refractivity contribution is -0.137. The van der Waals surface area contributed by atoms with E-state index < -0.39 is 11.7 Å². The summed E-state index contributed by atoms with van der Waals surface area (Å²) >= 11 is 7.49. The van der Waals surface area contributed by atoms with Crippen molar-refractivity contribution >= 4 is 34.4 Å². The lowest BCUT2D eigenvalue weighted by Crippen LogP contribution is -2.33. The Kier molecular flexibility index (Phi) is 6.30. The van der Waals surface area contributed by atoms with Gasteiger partial charge in [-0.3, -0.25) is 14.7 Å². The van der Waals surface area contributed by atoms with E-state index in [-0.39, 0.29) is 17.2 Å². The fraction of sp³-hybridized carbons (Fsp3) is 0.227. The zero-order chi connectivity index (χ0) is 22.9. The number of hydrogen-bond acceptors (Lipinski definition) is 5. The molecule has 1 aliphatic rings. The number of thioether (sulfide) groups is 1. The van der Waals surface area contributed by atoms with Gasteiger partial charge >= 0.3 is 6.18 Å². The average molecular weight is 480 g/mol. The Morgan fingerprint density at radius 1 is 1.22 bits per heavy atom. The second-order valence-corrected chi connectivity index (χ2v) is 8.40. The number of alkyl halides is 3. The molecule has 0 unspecified atom stereocenters. The number of amides is 1. The monoisotopic (exact) mass is 479 g/mol. The van der Waals surface area contributed by atoms with E-state index in [9.17, 15) is 18.0 Å². The maximum Gasteiger partial charge on any atom is 0.416 e. The van der Waals surface area contributed by atoms with Crippen LogP contribution in [-0.2, 0) is 11.9 Å². The normalized spacial score (nSPS) is 14.0. The molecule has 1 aromatic heterocycles. The van der Waals surface area contributed by atoms with Crippen molar-refractivity contribution in [1.82, 2.24) is 10.1 Å². The van der Waals surface area contributed by atoms with Crippen LogP contribution >= 0.6 is 23.4 Å². The predicted molar refractivity (Wildman–Crippen MR) is 118 cm³/mol. The molecule has 5 nitrogen and oxygen atoms in total. The van der Waals surface area contributed by atoms with Crippen molar-refractivity contribution in [3.8, 4) is 11.3 Å². The van der Waals surface area contributed by atoms with Crippen LogP contribution in [0.25, 0.3) is 11.3 Å². The summed E-state index contributed by atoms with van der Waals surface area (Å²) in [6.07, 6.45) is -4.41. The number of halogens is 4. The third-order valence-electron chi connectivity index (χ3n) is 4.87. The van der Waals surface area contributed by atoms with Gasteiger partial charge in [0.15, 0.2) is 5.17 Å². The molecule has 0 saturated carbocycles. The molecule has 1 amide bonds. The van der Waals surface area contributed by atoms with E-state index in [2.05, 4.69) is 10.1 Å². The zero-order valence-electron chi connectivity index (χ0n) is 16.8. The molecular formula is C22H17ClF3N3O2S. The van der Waals surface area contributed by atoms with Gasteiger partial charge in [0, 0.05) is 17.9 Å². The smallest absolute Gasteiger partial charge is 0.360 e. The van der Waals surface area contributed by atoms with E-state index in [1.165, 1.54) is 22.7 Å². The van der Waals surface area contributed by atoms with Crippen LogP contribution in [0.1, 0.15) is 27.2 Å². The molecule has 0 bridgehead atoms. The summed E-state index contributed by atoms with van der Waals surface area (Å²) in [6, 6.07) is 12.1. The number of aromatic nitrogens is 1. The Labute approximate surface area is 191 Å². The number of amidine groups is 1. The van der Waals surface area contributed by atoms with Gasteiger partial charge in [0.1, 0.15) is 17.0 Å². The van der Waals surface area contributed by atoms with Gasteiger partial charge in [-0.2, -0.15) is 13.2 Å². The van der Waals surface area contributed by atoms with Gasteiger partial charge in [0.2, 0.25) is 0 Å². The first kappa shape index (κ1) is 22.4. The van der Waals surface area contributed by atoms with Crippen molar-refractivity contribution < 1.29 is 22.5 Å². The van der Waals surface area contributed by atoms with Crippen LogP contribution in [0.15, 0.2) is 58.0 Å². The minimum atomic E-state index is -4.41. The van der Waals surface area contributed by atoms with Crippen molar-refractivity contribution in [3.63, 3.8) is 0 Å². The van der Waals surface area contributed by atoms with Crippen molar-refractivity contribution in [2.24, 2.45) is 4.99 Å². The molecule has 0 aliphatic carbocycles. The Hall–Kier alpha value is -2.78. The van der Waals surface area contributed by atoms with E-state index in [4.69, 9.17) is 16.1 Å². The predicted octanol–water partition coefficient (Wildman–Crippen LogP) is 6.07. The van der Waals surface area contributed by atoms with Crippen LogP contribution in [0.5, 0.6) is 0 Å². The zero-order valence-corrected chi connectivity index (χ0v) is 18.4. The first-order valence-corrected chi connectivity index (χ1v) is 11.0. The number of carbonyl (C=O) groups excluding carboxylic acids is 1. The molecule has 32 heavy (non-hydrogen) atoms. The Morgan fingerprint density at radius 3 is 2.75 bits per heavy atom. The molecule has 0 saturated heterocycles. The summed E-state index contributed by atoms with van der Waals surface area (Å²) in [6.45, 7) is 2.40. The van der Waals surface area contributed by atoms with Crippen LogP contribution in [0.2, 0.25) is 5.02 Å². The second kappa shape index (κ2) is 8.99. The summed E-state index contributed by atoms with van der Waals surface area (Å²) in [7, 11) is 0. The molecule has 10 heteroatoms. The number of carbonyl (C=O) groups is 1. The van der Waals surface area contributed by atoms with Crippen LogP contribution < -0.4 is 0 Å². The number of benzene rings is 2. The molecule has 0 radical (unpaired) electrons. The van der Waals surface area contributed by atoms with E-state index >= 15 is 0 Å². The standard InChI is InChI=1S/C22H17ClF3N3O2S/c1-13-18(19(28-31-13)16-7-2-3-8-17(16)23)20(30)29-10-9-27-21(29)32-12-14-5-4-6-15(11-14)22(24,25)26/h2-8,11H,9-10,12H2,1H3. The number of nitrogens with zero attached hydrogens (tertiary/aromatic N) is 3. The molecule has 166 valence electrons. The third kappa shape index (κ3) is 4.54. The van der Waals surface area contributed by atoms with Gasteiger partial charge in [0.25, 0.3) is 5.91 Å². The highest BCUT2D eigenvalue weighted by molar-refractivity contribution is 8.13. The maximum absolute atomic E-state index is 13.4. The Morgan fingerprint density at radius 2 is 2.00 bits per heavy atom. The van der Waals surface area contributed by atoms with Gasteiger partial charge < -0.3 is 4.52 Å². The Bertz CT molecular complexity index is 1190. The molecule has 4 rings (SSSR count). The summed E-state index contributed by atoms with van der Waals surface area (Å²) in [5.41, 5.74) is 0.981. The fourth-order valence-electron chi connectivity index (χ4n) is 3.32. The van der Waals surface area contributed by atoms with E-state index in [0.717, 1.165) is 12.1 Å². The minimum Gasteiger partial charge on any atom is -0.360 e. The highest BCUT2D eigenvalue weighted by Gasteiger charge is 2.32. The summed E-state index contributed by atoms with van der Waals surface area (Å²) in [5, 5.41) is 4.91. The van der Waals surface area contributed by atoms with Gasteiger partial charge in [0.05, 0.1) is 17.1 Å². The second-order valence-electron chi connectivity index (χ2n) is 7.05. The van der Waals surface area contributed by atoms with Crippen molar-refractivity contribution in [3.05, 3.63) is 76.0 Å². The molecule has 0 fully saturated rings. The molecule has 0 atom stereocenters. The van der Waals surface area contributed by atoms with Crippen molar-refractivity contribution in [2.75, 3.05) is 13.1 Å². The van der Waals surface area contributed by atoms with Gasteiger partial charge in [-0.1, -0.05) is 64.9 Å². The first-order chi connectivity index (χ1) is 15.3. The molecule has 1 aliphatic heterocycles. The fourth-order valence-corrected chi connectivity index (χ4v) is 4.53. The maximum atomic E-state index is 13.4. The SMILES string of the molecule is Cc1onc(-c2ccccc2Cl)c1C(=O)N1CCN=C1SCc1cccc(C(F)(F)F)c1. The van der Waals surface area contributed by atoms with Gasteiger partial charge in [-0.15, -0.1) is 0 Å². The van der Waals surface area contributed by atoms with E-state index in [0.29, 0.717) is 45.9 Å². The number of rotatable bonds is 4. The van der Waals surface area contributed by atoms with Gasteiger partial charge in [-0.05, 0) is 24.6 Å². The van der Waals surface area contributed by atoms with Crippen LogP contribution in [0.4, 0.5) is 13.2 Å². The lowest BCUT2D eigenvalue weighted by Gasteiger charge is -2.18. The van der Waals surface area contributed by atoms with Crippen LogP contribution in [0.3, 0.4) is 0 Å².